The quantitative estimate of drug-likeness (QED) is 0.500. The van der Waals surface area contributed by atoms with Gasteiger partial charge in [0.05, 0.1) is 17.9 Å². The second-order valence-electron chi connectivity index (χ2n) is 7.82. The van der Waals surface area contributed by atoms with Crippen LogP contribution in [0.25, 0.3) is 33.4 Å². The molecular weight excluding hydrogens is 386 g/mol. The van der Waals surface area contributed by atoms with Crippen molar-refractivity contribution < 1.29 is 4.79 Å². The van der Waals surface area contributed by atoms with Crippen molar-refractivity contribution in [2.24, 2.45) is 5.73 Å². The fraction of sp³-hybridized carbons (Fsp3) is 0.200. The molecule has 0 atom stereocenters. The number of aromatic nitrogens is 3. The largest absolute Gasteiger partial charge is 0.360 e. The van der Waals surface area contributed by atoms with Gasteiger partial charge in [0.1, 0.15) is 5.82 Å². The minimum Gasteiger partial charge on any atom is -0.360 e. The van der Waals surface area contributed by atoms with Crippen LogP contribution in [-0.2, 0) is 4.79 Å². The number of amides is 1. The third-order valence-corrected chi connectivity index (χ3v) is 5.70. The Labute approximate surface area is 180 Å². The molecule has 3 aromatic rings. The fourth-order valence-electron chi connectivity index (χ4n) is 4.18. The third-order valence-electron chi connectivity index (χ3n) is 5.70. The lowest BCUT2D eigenvalue weighted by atomic mass is 9.96. The van der Waals surface area contributed by atoms with Crippen LogP contribution < -0.4 is 11.1 Å². The molecule has 0 bridgehead atoms. The summed E-state index contributed by atoms with van der Waals surface area (Å²) in [5.74, 6) is 0.655. The van der Waals surface area contributed by atoms with Gasteiger partial charge in [-0.3, -0.25) is 4.79 Å². The molecular formula is C25H25N5O. The molecule has 6 heteroatoms. The molecule has 0 aliphatic heterocycles. The second kappa shape index (κ2) is 8.24. The van der Waals surface area contributed by atoms with Gasteiger partial charge in [0, 0.05) is 33.9 Å². The van der Waals surface area contributed by atoms with Gasteiger partial charge < -0.3 is 21.0 Å². The van der Waals surface area contributed by atoms with Crippen molar-refractivity contribution in [3.8, 4) is 11.4 Å². The fourth-order valence-corrected chi connectivity index (χ4v) is 4.18. The SMILES string of the molecule is NCC(=O)NC1=CC(c2nc(-c3c[nH]c4ccccc34)[nH]c2C2=CCCC=C2)=CCC1. The molecule has 2 aromatic heterocycles. The molecule has 0 unspecified atom stereocenters. The van der Waals surface area contributed by atoms with Crippen LogP contribution in [0.2, 0.25) is 0 Å². The smallest absolute Gasteiger partial charge is 0.237 e. The van der Waals surface area contributed by atoms with Crippen molar-refractivity contribution >= 4 is 28.0 Å². The number of allylic oxidation sites excluding steroid dienone is 8. The number of rotatable bonds is 5. The van der Waals surface area contributed by atoms with E-state index in [-0.39, 0.29) is 12.5 Å². The number of fused-ring (bicyclic) bond motifs is 1. The van der Waals surface area contributed by atoms with Gasteiger partial charge in [0.15, 0.2) is 0 Å². The first-order chi connectivity index (χ1) is 15.2. The molecule has 31 heavy (non-hydrogen) atoms. The van der Waals surface area contributed by atoms with Gasteiger partial charge in [-0.15, -0.1) is 0 Å². The number of H-pyrrole nitrogens is 2. The number of imidazole rings is 1. The van der Waals surface area contributed by atoms with Gasteiger partial charge in [-0.25, -0.2) is 4.98 Å². The summed E-state index contributed by atoms with van der Waals surface area (Å²) in [5, 5.41) is 4.04. The lowest BCUT2D eigenvalue weighted by molar-refractivity contribution is -0.119. The summed E-state index contributed by atoms with van der Waals surface area (Å²) in [6.07, 6.45) is 16.5. The maximum Gasteiger partial charge on any atom is 0.237 e. The summed E-state index contributed by atoms with van der Waals surface area (Å²) in [7, 11) is 0. The number of benzene rings is 1. The van der Waals surface area contributed by atoms with Crippen LogP contribution in [-0.4, -0.2) is 27.4 Å². The number of nitrogens with one attached hydrogen (secondary N) is 3. The lowest BCUT2D eigenvalue weighted by Gasteiger charge is -2.15. The summed E-state index contributed by atoms with van der Waals surface area (Å²) in [4.78, 5) is 23.7. The Morgan fingerprint density at radius 2 is 2.00 bits per heavy atom. The summed E-state index contributed by atoms with van der Waals surface area (Å²) in [5.41, 5.74) is 12.5. The minimum absolute atomic E-state index is 0.0214. The van der Waals surface area contributed by atoms with Crippen molar-refractivity contribution in [1.82, 2.24) is 20.3 Å². The zero-order valence-electron chi connectivity index (χ0n) is 17.2. The van der Waals surface area contributed by atoms with Gasteiger partial charge in [0.25, 0.3) is 0 Å². The zero-order chi connectivity index (χ0) is 21.2. The molecule has 1 amide bonds. The summed E-state index contributed by atoms with van der Waals surface area (Å²) in [6, 6.07) is 8.22. The van der Waals surface area contributed by atoms with Gasteiger partial charge in [0.2, 0.25) is 5.91 Å². The molecule has 0 fully saturated rings. The Bertz CT molecular complexity index is 1270. The first kappa shape index (κ1) is 19.3. The Morgan fingerprint density at radius 1 is 1.13 bits per heavy atom. The van der Waals surface area contributed by atoms with E-state index in [0.717, 1.165) is 76.2 Å². The van der Waals surface area contributed by atoms with Crippen molar-refractivity contribution in [1.29, 1.82) is 0 Å². The van der Waals surface area contributed by atoms with E-state index in [9.17, 15) is 4.79 Å². The maximum atomic E-state index is 11.8. The highest BCUT2D eigenvalue weighted by molar-refractivity contribution is 5.95. The number of carbonyl (C=O) groups is 1. The van der Waals surface area contributed by atoms with Crippen LogP contribution in [0.5, 0.6) is 0 Å². The highest BCUT2D eigenvalue weighted by atomic mass is 16.1. The standard InChI is InChI=1S/C25H25N5O/c26-14-22(31)28-18-10-6-9-17(13-18)24-23(16-7-2-1-3-8-16)29-25(30-24)20-15-27-21-12-5-4-11-19(20)21/h2,4-5,7-9,11-13,15,27H,1,3,6,10,14,26H2,(H,28,31)(H,29,30). The van der Waals surface area contributed by atoms with Crippen LogP contribution in [0, 0.1) is 0 Å². The first-order valence-corrected chi connectivity index (χ1v) is 10.7. The highest BCUT2D eigenvalue weighted by Gasteiger charge is 2.20. The average Bonchev–Trinajstić information content (AvgIpc) is 3.44. The topological polar surface area (TPSA) is 99.6 Å². The minimum atomic E-state index is -0.174. The van der Waals surface area contributed by atoms with Crippen molar-refractivity contribution in [2.75, 3.05) is 6.54 Å². The number of hydrogen-bond acceptors (Lipinski definition) is 3. The molecule has 5 rings (SSSR count). The van der Waals surface area contributed by atoms with E-state index < -0.39 is 0 Å². The van der Waals surface area contributed by atoms with Crippen LogP contribution >= 0.6 is 0 Å². The second-order valence-corrected chi connectivity index (χ2v) is 7.82. The number of nitrogens with two attached hydrogens (primary N) is 1. The maximum absolute atomic E-state index is 11.8. The number of nitrogens with zero attached hydrogens (tertiary/aromatic N) is 1. The van der Waals surface area contributed by atoms with Crippen molar-refractivity contribution in [2.45, 2.75) is 25.7 Å². The van der Waals surface area contributed by atoms with E-state index in [2.05, 4.69) is 51.7 Å². The van der Waals surface area contributed by atoms with Gasteiger partial charge in [-0.05, 0) is 43.4 Å². The summed E-state index contributed by atoms with van der Waals surface area (Å²) >= 11 is 0. The van der Waals surface area contributed by atoms with Crippen molar-refractivity contribution in [3.05, 3.63) is 77.9 Å². The Kier molecular flexibility index (Phi) is 5.14. The Hall–Kier alpha value is -3.64. The van der Waals surface area contributed by atoms with Crippen LogP contribution in [0.4, 0.5) is 0 Å². The molecule has 156 valence electrons. The molecule has 0 spiro atoms. The number of para-hydroxylation sites is 1. The molecule has 2 aliphatic rings. The average molecular weight is 412 g/mol. The third kappa shape index (κ3) is 3.78. The number of hydrogen-bond donors (Lipinski definition) is 4. The molecule has 2 heterocycles. The van der Waals surface area contributed by atoms with Gasteiger partial charge in [-0.2, -0.15) is 0 Å². The predicted molar refractivity (Wildman–Crippen MR) is 125 cm³/mol. The van der Waals surface area contributed by atoms with Gasteiger partial charge in [-0.1, -0.05) is 42.5 Å². The number of aromatic amines is 2. The zero-order valence-corrected chi connectivity index (χ0v) is 17.2. The predicted octanol–water partition coefficient (Wildman–Crippen LogP) is 4.43. The lowest BCUT2D eigenvalue weighted by Crippen LogP contribution is -2.30. The van der Waals surface area contributed by atoms with Crippen LogP contribution in [0.3, 0.4) is 0 Å². The molecule has 5 N–H and O–H groups in total. The monoisotopic (exact) mass is 411 g/mol. The Morgan fingerprint density at radius 3 is 2.84 bits per heavy atom. The van der Waals surface area contributed by atoms with E-state index in [1.165, 1.54) is 0 Å². The molecule has 0 saturated heterocycles. The molecule has 1 aromatic carbocycles. The highest BCUT2D eigenvalue weighted by Crippen LogP contribution is 2.35. The van der Waals surface area contributed by atoms with E-state index in [4.69, 9.17) is 10.7 Å². The number of carbonyl (C=O) groups excluding carboxylic acids is 1. The first-order valence-electron chi connectivity index (χ1n) is 10.7. The van der Waals surface area contributed by atoms with Crippen molar-refractivity contribution in [3.63, 3.8) is 0 Å². The summed E-state index contributed by atoms with van der Waals surface area (Å²) in [6.45, 7) is -0.0214. The van der Waals surface area contributed by atoms with Gasteiger partial charge >= 0.3 is 0 Å². The molecule has 6 nitrogen and oxygen atoms in total. The van der Waals surface area contributed by atoms with Crippen LogP contribution in [0.1, 0.15) is 37.1 Å². The normalized spacial score (nSPS) is 16.1. The van der Waals surface area contributed by atoms with E-state index in [1.807, 2.05) is 24.4 Å². The van der Waals surface area contributed by atoms with Crippen LogP contribution in [0.15, 0.2) is 66.5 Å². The summed E-state index contributed by atoms with van der Waals surface area (Å²) < 4.78 is 0. The molecule has 0 radical (unpaired) electrons. The molecule has 2 aliphatic carbocycles. The van der Waals surface area contributed by atoms with E-state index >= 15 is 0 Å². The molecule has 0 saturated carbocycles. The van der Waals surface area contributed by atoms with E-state index in [1.54, 1.807) is 0 Å². The van der Waals surface area contributed by atoms with E-state index in [0.29, 0.717) is 0 Å². The Balaban J connectivity index is 1.61.